The number of hydrogen-bond acceptors (Lipinski definition) is 1. The third kappa shape index (κ3) is 4.38. The quantitative estimate of drug-likeness (QED) is 0.314. The van der Waals surface area contributed by atoms with Gasteiger partial charge in [0.15, 0.2) is 0 Å². The van der Waals surface area contributed by atoms with Gasteiger partial charge in [-0.1, -0.05) is 0 Å². The second kappa shape index (κ2) is 9.98. The predicted molar refractivity (Wildman–Crippen MR) is 132 cm³/mol. The van der Waals surface area contributed by atoms with Crippen LogP contribution in [0.3, 0.4) is 0 Å². The minimum atomic E-state index is -2.71. The minimum absolute atomic E-state index is 0. The van der Waals surface area contributed by atoms with Gasteiger partial charge in [-0.2, -0.15) is 0 Å². The number of benzene rings is 3. The molecule has 0 atom stereocenters. The Hall–Kier alpha value is -0.990. The number of halogens is 2. The Labute approximate surface area is 181 Å². The van der Waals surface area contributed by atoms with Gasteiger partial charge in [-0.15, -0.1) is 17.0 Å². The Morgan fingerprint density at radius 3 is 1.30 bits per heavy atom. The van der Waals surface area contributed by atoms with E-state index in [1.54, 1.807) is 0 Å². The van der Waals surface area contributed by atoms with Crippen LogP contribution in [0.1, 0.15) is 19.3 Å². The molecular formula is C23H28Br2NP. The molecule has 0 bridgehead atoms. The Balaban J connectivity index is 0.00000261. The first-order valence-corrected chi connectivity index (χ1v) is 13.7. The summed E-state index contributed by atoms with van der Waals surface area (Å²) in [6.45, 7) is 0.764. The maximum absolute atomic E-state index is 5.74. The van der Waals surface area contributed by atoms with E-state index in [1.165, 1.54) is 15.9 Å². The van der Waals surface area contributed by atoms with Crippen molar-refractivity contribution in [3.05, 3.63) is 91.0 Å². The van der Waals surface area contributed by atoms with E-state index >= 15 is 0 Å². The van der Waals surface area contributed by atoms with E-state index in [1.807, 2.05) is 0 Å². The van der Waals surface area contributed by atoms with Crippen LogP contribution in [0.4, 0.5) is 0 Å². The molecule has 0 aliphatic heterocycles. The van der Waals surface area contributed by atoms with Gasteiger partial charge in [-0.25, -0.2) is 0 Å². The zero-order valence-electron chi connectivity index (χ0n) is 15.5. The number of hydrogen-bond donors (Lipinski definition) is 1. The molecule has 0 spiro atoms. The van der Waals surface area contributed by atoms with Crippen LogP contribution < -0.4 is 21.6 Å². The topological polar surface area (TPSA) is 26.0 Å². The van der Waals surface area contributed by atoms with Crippen molar-refractivity contribution in [2.45, 2.75) is 19.3 Å². The van der Waals surface area contributed by atoms with E-state index in [2.05, 4.69) is 106 Å². The molecule has 27 heavy (non-hydrogen) atoms. The predicted octanol–water partition coefficient (Wildman–Crippen LogP) is 5.53. The third-order valence-corrected chi connectivity index (χ3v) is 15.2. The third-order valence-electron chi connectivity index (χ3n) is 5.17. The summed E-state index contributed by atoms with van der Waals surface area (Å²) in [5.41, 5.74) is 5.74. The summed E-state index contributed by atoms with van der Waals surface area (Å²) in [5, 5.41) is 1.46. The van der Waals surface area contributed by atoms with Gasteiger partial charge >= 0.3 is 165 Å². The molecule has 3 aromatic rings. The van der Waals surface area contributed by atoms with E-state index < -0.39 is 5.31 Å². The SMILES string of the molecule is Br.NCCCCCP(Br)(c1ccccc1)(c1ccccc1)c1ccccc1. The summed E-state index contributed by atoms with van der Waals surface area (Å²) in [4.78, 5) is 0. The fourth-order valence-electron chi connectivity index (χ4n) is 3.78. The second-order valence-corrected chi connectivity index (χ2v) is 15.8. The van der Waals surface area contributed by atoms with Crippen molar-refractivity contribution in [1.82, 2.24) is 0 Å². The van der Waals surface area contributed by atoms with E-state index in [-0.39, 0.29) is 17.0 Å². The molecular weight excluding hydrogens is 481 g/mol. The standard InChI is InChI=1S/C23H27BrNP.BrH/c24-26(20-12-4-11-19-25,21-13-5-1-6-14-21,22-15-7-2-8-16-22)23-17-9-3-10-18-23;/h1-3,5-10,13-18H,4,11-12,19-20,25H2;1H. The molecule has 144 valence electrons. The van der Waals surface area contributed by atoms with Gasteiger partial charge in [0.25, 0.3) is 0 Å². The van der Waals surface area contributed by atoms with Gasteiger partial charge in [0.2, 0.25) is 0 Å². The van der Waals surface area contributed by atoms with Crippen LogP contribution in [-0.4, -0.2) is 12.7 Å². The molecule has 3 rings (SSSR count). The summed E-state index contributed by atoms with van der Waals surface area (Å²) < 4.78 is 0. The normalized spacial score (nSPS) is 12.6. The van der Waals surface area contributed by atoms with Crippen molar-refractivity contribution in [2.24, 2.45) is 5.73 Å². The van der Waals surface area contributed by atoms with Crippen LogP contribution in [-0.2, 0) is 0 Å². The van der Waals surface area contributed by atoms with E-state index in [0.29, 0.717) is 0 Å². The average Bonchev–Trinajstić information content (AvgIpc) is 2.73. The van der Waals surface area contributed by atoms with Gasteiger partial charge in [-0.3, -0.25) is 0 Å². The Morgan fingerprint density at radius 1 is 0.593 bits per heavy atom. The van der Waals surface area contributed by atoms with E-state index in [9.17, 15) is 0 Å². The van der Waals surface area contributed by atoms with Gasteiger partial charge in [0.05, 0.1) is 0 Å². The van der Waals surface area contributed by atoms with Gasteiger partial charge in [0, 0.05) is 0 Å². The monoisotopic (exact) mass is 507 g/mol. The second-order valence-electron chi connectivity index (χ2n) is 6.76. The fourth-order valence-corrected chi connectivity index (χ4v) is 11.5. The number of unbranched alkanes of at least 4 members (excludes halogenated alkanes) is 2. The van der Waals surface area contributed by atoms with Crippen LogP contribution in [0, 0.1) is 0 Å². The van der Waals surface area contributed by atoms with E-state index in [0.717, 1.165) is 32.0 Å². The molecule has 0 unspecified atom stereocenters. The zero-order chi connectivity index (χ0) is 18.3. The first-order valence-electron chi connectivity index (χ1n) is 9.30. The number of nitrogens with two attached hydrogens (primary N) is 1. The van der Waals surface area contributed by atoms with E-state index in [4.69, 9.17) is 5.73 Å². The molecule has 0 aliphatic carbocycles. The van der Waals surface area contributed by atoms with Crippen molar-refractivity contribution in [2.75, 3.05) is 12.7 Å². The Kier molecular flexibility index (Phi) is 8.24. The average molecular weight is 509 g/mol. The first-order chi connectivity index (χ1) is 12.7. The van der Waals surface area contributed by atoms with Crippen LogP contribution in [0.25, 0.3) is 0 Å². The van der Waals surface area contributed by atoms with Crippen LogP contribution in [0.5, 0.6) is 0 Å². The van der Waals surface area contributed by atoms with Crippen molar-refractivity contribution >= 4 is 53.7 Å². The van der Waals surface area contributed by atoms with Crippen molar-refractivity contribution < 1.29 is 0 Å². The molecule has 0 fully saturated rings. The van der Waals surface area contributed by atoms with Gasteiger partial charge < -0.3 is 0 Å². The summed E-state index contributed by atoms with van der Waals surface area (Å²) >= 11 is 4.47. The molecule has 0 saturated carbocycles. The molecule has 0 radical (unpaired) electrons. The van der Waals surface area contributed by atoms with Crippen LogP contribution >= 0.6 is 37.8 Å². The van der Waals surface area contributed by atoms with Crippen molar-refractivity contribution in [1.29, 1.82) is 0 Å². The molecule has 2 N–H and O–H groups in total. The molecule has 0 aliphatic rings. The molecule has 0 amide bonds. The molecule has 3 aromatic carbocycles. The molecule has 4 heteroatoms. The summed E-state index contributed by atoms with van der Waals surface area (Å²) in [6, 6.07) is 33.0. The molecule has 0 aromatic heterocycles. The van der Waals surface area contributed by atoms with Crippen LogP contribution in [0.2, 0.25) is 0 Å². The summed E-state index contributed by atoms with van der Waals surface area (Å²) in [7, 11) is 0. The van der Waals surface area contributed by atoms with Gasteiger partial charge in [0.1, 0.15) is 0 Å². The Bertz CT molecular complexity index is 710. The maximum atomic E-state index is 5.74. The van der Waals surface area contributed by atoms with Crippen molar-refractivity contribution in [3.63, 3.8) is 0 Å². The fraction of sp³-hybridized carbons (Fsp3) is 0.217. The molecule has 1 nitrogen and oxygen atoms in total. The number of rotatable bonds is 8. The zero-order valence-corrected chi connectivity index (χ0v) is 19.7. The summed E-state index contributed by atoms with van der Waals surface area (Å²) in [5.74, 6) is 0. The molecule has 0 heterocycles. The Morgan fingerprint density at radius 2 is 0.963 bits per heavy atom. The van der Waals surface area contributed by atoms with Crippen molar-refractivity contribution in [3.8, 4) is 0 Å². The van der Waals surface area contributed by atoms with Gasteiger partial charge in [-0.05, 0) is 0 Å². The molecule has 0 saturated heterocycles. The first kappa shape index (κ1) is 22.3. The summed E-state index contributed by atoms with van der Waals surface area (Å²) in [6.07, 6.45) is 4.49. The van der Waals surface area contributed by atoms with Crippen LogP contribution in [0.15, 0.2) is 91.0 Å².